The molecule has 1 aliphatic heterocycles. The van der Waals surface area contributed by atoms with Crippen LogP contribution >= 0.6 is 11.6 Å². The highest BCUT2D eigenvalue weighted by molar-refractivity contribution is 6.30. The van der Waals surface area contributed by atoms with Gasteiger partial charge in [0.05, 0.1) is 19.3 Å². The lowest BCUT2D eigenvalue weighted by Gasteiger charge is -2.35. The summed E-state index contributed by atoms with van der Waals surface area (Å²) in [5.41, 5.74) is 4.04. The monoisotopic (exact) mass is 442 g/mol. The Kier molecular flexibility index (Phi) is 6.80. The van der Waals surface area contributed by atoms with E-state index in [1.54, 1.807) is 4.52 Å². The number of amides is 1. The Hall–Kier alpha value is -2.55. The normalized spacial score (nSPS) is 15.8. The van der Waals surface area contributed by atoms with Gasteiger partial charge in [-0.3, -0.25) is 9.69 Å². The highest BCUT2D eigenvalue weighted by atomic mass is 35.5. The van der Waals surface area contributed by atoms with Gasteiger partial charge in [0.2, 0.25) is 5.91 Å². The van der Waals surface area contributed by atoms with Crippen molar-refractivity contribution in [3.05, 3.63) is 58.1 Å². The van der Waals surface area contributed by atoms with Crippen molar-refractivity contribution in [2.75, 3.05) is 32.8 Å². The molecule has 1 N–H and O–H groups in total. The molecule has 0 spiro atoms. The van der Waals surface area contributed by atoms with Crippen LogP contribution in [-0.4, -0.2) is 63.2 Å². The van der Waals surface area contributed by atoms with Crippen LogP contribution in [0, 0.1) is 13.8 Å². The third kappa shape index (κ3) is 5.03. The number of aryl methyl sites for hydroxylation is 2. The number of halogens is 1. The van der Waals surface area contributed by atoms with Crippen molar-refractivity contribution in [1.29, 1.82) is 0 Å². The van der Waals surface area contributed by atoms with E-state index in [2.05, 4.69) is 25.3 Å². The predicted octanol–water partition coefficient (Wildman–Crippen LogP) is 2.52. The lowest BCUT2D eigenvalue weighted by molar-refractivity contribution is -0.121. The number of aromatic nitrogens is 4. The minimum atomic E-state index is 0.0183. The van der Waals surface area contributed by atoms with E-state index in [-0.39, 0.29) is 11.9 Å². The zero-order valence-corrected chi connectivity index (χ0v) is 18.6. The maximum Gasteiger partial charge on any atom is 0.252 e. The Labute approximate surface area is 186 Å². The van der Waals surface area contributed by atoms with E-state index in [1.807, 2.05) is 38.1 Å². The van der Waals surface area contributed by atoms with Crippen LogP contribution in [0.15, 0.2) is 30.6 Å². The molecule has 1 aliphatic rings. The number of carbonyl (C=O) groups is 1. The fraction of sp³-hybridized carbons (Fsp3) is 0.455. The Bertz CT molecular complexity index is 1050. The summed E-state index contributed by atoms with van der Waals surface area (Å²) < 4.78 is 7.21. The van der Waals surface area contributed by atoms with Gasteiger partial charge in [-0.05, 0) is 43.5 Å². The summed E-state index contributed by atoms with van der Waals surface area (Å²) in [5, 5.41) is 8.05. The van der Waals surface area contributed by atoms with Crippen molar-refractivity contribution < 1.29 is 9.53 Å². The van der Waals surface area contributed by atoms with Crippen molar-refractivity contribution in [3.8, 4) is 0 Å². The van der Waals surface area contributed by atoms with Crippen LogP contribution in [0.4, 0.5) is 0 Å². The van der Waals surface area contributed by atoms with Crippen LogP contribution in [0.3, 0.4) is 0 Å². The largest absolute Gasteiger partial charge is 0.379 e. The molecule has 0 aliphatic carbocycles. The third-order valence-electron chi connectivity index (χ3n) is 5.82. The van der Waals surface area contributed by atoms with Crippen LogP contribution in [-0.2, 0) is 16.0 Å². The molecule has 8 nitrogen and oxygen atoms in total. The predicted molar refractivity (Wildman–Crippen MR) is 118 cm³/mol. The number of benzene rings is 1. The van der Waals surface area contributed by atoms with Gasteiger partial charge in [-0.1, -0.05) is 23.7 Å². The molecule has 0 saturated carbocycles. The average Bonchev–Trinajstić information content (AvgIpc) is 3.24. The summed E-state index contributed by atoms with van der Waals surface area (Å²) in [7, 11) is 0. The van der Waals surface area contributed by atoms with Gasteiger partial charge in [0.1, 0.15) is 6.33 Å². The fourth-order valence-corrected chi connectivity index (χ4v) is 4.21. The van der Waals surface area contributed by atoms with Gasteiger partial charge in [-0.2, -0.15) is 10.1 Å². The van der Waals surface area contributed by atoms with Crippen LogP contribution in [0.1, 0.15) is 35.0 Å². The first-order chi connectivity index (χ1) is 15.0. The second-order valence-electron chi connectivity index (χ2n) is 7.75. The van der Waals surface area contributed by atoms with Gasteiger partial charge < -0.3 is 10.1 Å². The number of hydrogen-bond acceptors (Lipinski definition) is 6. The molecular formula is C22H27ClN6O2. The van der Waals surface area contributed by atoms with E-state index >= 15 is 0 Å². The lowest BCUT2D eigenvalue weighted by atomic mass is 10.0. The molecule has 1 aromatic carbocycles. The van der Waals surface area contributed by atoms with Crippen molar-refractivity contribution in [3.63, 3.8) is 0 Å². The second kappa shape index (κ2) is 9.72. The van der Waals surface area contributed by atoms with Gasteiger partial charge in [0.15, 0.2) is 0 Å². The van der Waals surface area contributed by atoms with Gasteiger partial charge in [-0.25, -0.2) is 9.50 Å². The molecule has 0 radical (unpaired) electrons. The van der Waals surface area contributed by atoms with Crippen molar-refractivity contribution in [1.82, 2.24) is 29.8 Å². The standard InChI is InChI=1S/C22H27ClN6O2/c1-15-19(16(2)29-22(27-15)25-14-26-29)7-8-21(30)24-13-20(28-9-11-31-12-10-28)17-3-5-18(23)6-4-17/h3-6,14,20H,7-13H2,1-2H3,(H,24,30). The van der Waals surface area contributed by atoms with Gasteiger partial charge in [0, 0.05) is 42.5 Å². The Balaban J connectivity index is 1.40. The molecule has 9 heteroatoms. The maximum absolute atomic E-state index is 12.7. The van der Waals surface area contributed by atoms with Crippen molar-refractivity contribution >= 4 is 23.3 Å². The number of hydrogen-bond donors (Lipinski definition) is 1. The molecule has 31 heavy (non-hydrogen) atoms. The minimum absolute atomic E-state index is 0.0183. The van der Waals surface area contributed by atoms with E-state index in [0.717, 1.165) is 35.6 Å². The highest BCUT2D eigenvalue weighted by Crippen LogP contribution is 2.23. The van der Waals surface area contributed by atoms with Crippen LogP contribution < -0.4 is 5.32 Å². The summed E-state index contributed by atoms with van der Waals surface area (Å²) in [6.07, 6.45) is 2.49. The summed E-state index contributed by atoms with van der Waals surface area (Å²) in [4.78, 5) is 23.7. The van der Waals surface area contributed by atoms with E-state index in [0.29, 0.717) is 43.4 Å². The smallest absolute Gasteiger partial charge is 0.252 e. The van der Waals surface area contributed by atoms with Crippen LogP contribution in [0.5, 0.6) is 0 Å². The first-order valence-corrected chi connectivity index (χ1v) is 10.9. The molecule has 164 valence electrons. The average molecular weight is 443 g/mol. The van der Waals surface area contributed by atoms with E-state index in [9.17, 15) is 4.79 Å². The highest BCUT2D eigenvalue weighted by Gasteiger charge is 2.23. The fourth-order valence-electron chi connectivity index (χ4n) is 4.09. The molecule has 1 atom stereocenters. The molecule has 1 amide bonds. The van der Waals surface area contributed by atoms with Crippen LogP contribution in [0.2, 0.25) is 5.02 Å². The Morgan fingerprint density at radius 2 is 1.97 bits per heavy atom. The molecule has 1 unspecified atom stereocenters. The topological polar surface area (TPSA) is 84.6 Å². The number of fused-ring (bicyclic) bond motifs is 1. The number of ether oxygens (including phenoxy) is 1. The number of nitrogens with one attached hydrogen (secondary N) is 1. The van der Waals surface area contributed by atoms with E-state index in [4.69, 9.17) is 16.3 Å². The summed E-state index contributed by atoms with van der Waals surface area (Å²) >= 11 is 6.07. The summed E-state index contributed by atoms with van der Waals surface area (Å²) in [5.74, 6) is 0.601. The maximum atomic E-state index is 12.7. The molecule has 2 aromatic heterocycles. The molecule has 3 aromatic rings. The summed E-state index contributed by atoms with van der Waals surface area (Å²) in [6.45, 7) is 7.56. The van der Waals surface area contributed by atoms with Gasteiger partial charge >= 0.3 is 0 Å². The Morgan fingerprint density at radius 1 is 1.23 bits per heavy atom. The zero-order valence-electron chi connectivity index (χ0n) is 17.8. The number of nitrogens with zero attached hydrogens (tertiary/aromatic N) is 5. The molecule has 1 saturated heterocycles. The number of morpholine rings is 1. The SMILES string of the molecule is Cc1nc2ncnn2c(C)c1CCC(=O)NCC(c1ccc(Cl)cc1)N1CCOCC1. The lowest BCUT2D eigenvalue weighted by Crippen LogP contribution is -2.43. The molecule has 0 bridgehead atoms. The van der Waals surface area contributed by atoms with Crippen LogP contribution in [0.25, 0.3) is 5.78 Å². The summed E-state index contributed by atoms with van der Waals surface area (Å²) in [6, 6.07) is 7.93. The van der Waals surface area contributed by atoms with Gasteiger partial charge in [-0.15, -0.1) is 0 Å². The van der Waals surface area contributed by atoms with Gasteiger partial charge in [0.25, 0.3) is 5.78 Å². The first kappa shape index (κ1) is 21.7. The van der Waals surface area contributed by atoms with E-state index in [1.165, 1.54) is 6.33 Å². The molecule has 1 fully saturated rings. The molecule has 4 rings (SSSR count). The Morgan fingerprint density at radius 3 is 2.71 bits per heavy atom. The van der Waals surface area contributed by atoms with Crippen molar-refractivity contribution in [2.45, 2.75) is 32.7 Å². The third-order valence-corrected chi connectivity index (χ3v) is 6.08. The first-order valence-electron chi connectivity index (χ1n) is 10.5. The van der Waals surface area contributed by atoms with E-state index < -0.39 is 0 Å². The minimum Gasteiger partial charge on any atom is -0.379 e. The molecule has 3 heterocycles. The van der Waals surface area contributed by atoms with Crippen molar-refractivity contribution in [2.24, 2.45) is 0 Å². The zero-order chi connectivity index (χ0) is 21.8. The number of rotatable bonds is 7. The quantitative estimate of drug-likeness (QED) is 0.605. The second-order valence-corrected chi connectivity index (χ2v) is 8.19. The number of carbonyl (C=O) groups excluding carboxylic acids is 1. The molecular weight excluding hydrogens is 416 g/mol.